The van der Waals surface area contributed by atoms with Crippen molar-refractivity contribution in [1.29, 1.82) is 0 Å². The van der Waals surface area contributed by atoms with Crippen molar-refractivity contribution >= 4 is 23.2 Å². The Labute approximate surface area is 95.6 Å². The summed E-state index contributed by atoms with van der Waals surface area (Å²) >= 11 is 0. The van der Waals surface area contributed by atoms with Crippen LogP contribution in [0.25, 0.3) is 17.4 Å². The highest BCUT2D eigenvalue weighted by Gasteiger charge is 2.28. The molecule has 2 heterocycles. The van der Waals surface area contributed by atoms with E-state index in [-0.39, 0.29) is 18.3 Å². The number of hydrogen-bond acceptors (Lipinski definition) is 5. The fourth-order valence-electron chi connectivity index (χ4n) is 1.75. The van der Waals surface area contributed by atoms with E-state index in [9.17, 15) is 4.39 Å². The van der Waals surface area contributed by atoms with E-state index in [1.165, 1.54) is 6.33 Å². The van der Waals surface area contributed by atoms with Crippen LogP contribution in [-0.4, -0.2) is 31.2 Å². The predicted octanol–water partition coefficient (Wildman–Crippen LogP) is 0.401. The SMILES string of the molecule is Nc1nc(F)nc2c1ncn2/C=C1/CC1CO. The standard InChI is InChI=1S/C10H10FN5O/c11-10-14-8(12)7-9(15-10)16(4-13-7)2-5-1-6(5)3-17/h2,4,6,17H,1,3H2,(H2,12,14,15)/b5-2-. The van der Waals surface area contributed by atoms with Gasteiger partial charge in [0.2, 0.25) is 0 Å². The Morgan fingerprint density at radius 1 is 1.59 bits per heavy atom. The summed E-state index contributed by atoms with van der Waals surface area (Å²) in [6, 6.07) is 0. The second kappa shape index (κ2) is 3.49. The number of halogens is 1. The Balaban J connectivity index is 2.09. The van der Waals surface area contributed by atoms with Crippen molar-refractivity contribution in [1.82, 2.24) is 19.5 Å². The molecular weight excluding hydrogens is 225 g/mol. The molecular formula is C10H10FN5O. The molecule has 0 aliphatic heterocycles. The van der Waals surface area contributed by atoms with Crippen LogP contribution in [0.1, 0.15) is 6.42 Å². The molecule has 7 heteroatoms. The highest BCUT2D eigenvalue weighted by molar-refractivity contribution is 5.82. The molecule has 1 aliphatic carbocycles. The molecule has 1 unspecified atom stereocenters. The van der Waals surface area contributed by atoms with E-state index in [0.717, 1.165) is 12.0 Å². The van der Waals surface area contributed by atoms with Crippen molar-refractivity contribution in [2.75, 3.05) is 12.3 Å². The quantitative estimate of drug-likeness (QED) is 0.735. The molecule has 2 aromatic rings. The zero-order valence-corrected chi connectivity index (χ0v) is 8.84. The third-order valence-electron chi connectivity index (χ3n) is 2.79. The first-order valence-corrected chi connectivity index (χ1v) is 5.16. The lowest BCUT2D eigenvalue weighted by molar-refractivity contribution is 0.281. The molecule has 1 atom stereocenters. The zero-order valence-electron chi connectivity index (χ0n) is 8.84. The number of aliphatic hydroxyl groups excluding tert-OH is 1. The Bertz CT molecular complexity index is 620. The van der Waals surface area contributed by atoms with Gasteiger partial charge >= 0.3 is 6.08 Å². The van der Waals surface area contributed by atoms with Crippen LogP contribution in [0.15, 0.2) is 11.9 Å². The number of aromatic nitrogens is 4. The van der Waals surface area contributed by atoms with Gasteiger partial charge in [-0.05, 0) is 12.0 Å². The summed E-state index contributed by atoms with van der Waals surface area (Å²) in [5.41, 5.74) is 7.35. The number of nitrogens with zero attached hydrogens (tertiary/aromatic N) is 4. The summed E-state index contributed by atoms with van der Waals surface area (Å²) in [7, 11) is 0. The molecule has 0 radical (unpaired) electrons. The van der Waals surface area contributed by atoms with Gasteiger partial charge in [-0.3, -0.25) is 4.57 Å². The topological polar surface area (TPSA) is 89.9 Å². The second-order valence-electron chi connectivity index (χ2n) is 3.99. The van der Waals surface area contributed by atoms with E-state index in [2.05, 4.69) is 15.0 Å². The largest absolute Gasteiger partial charge is 0.396 e. The molecule has 3 rings (SSSR count). The van der Waals surface area contributed by atoms with Gasteiger partial charge in [0.15, 0.2) is 17.0 Å². The Hall–Kier alpha value is -2.02. The minimum Gasteiger partial charge on any atom is -0.396 e. The van der Waals surface area contributed by atoms with Crippen LogP contribution >= 0.6 is 0 Å². The molecule has 1 fully saturated rings. The minimum atomic E-state index is -0.871. The van der Waals surface area contributed by atoms with Crippen molar-refractivity contribution < 1.29 is 9.50 Å². The molecule has 17 heavy (non-hydrogen) atoms. The monoisotopic (exact) mass is 235 g/mol. The maximum atomic E-state index is 13.0. The van der Waals surface area contributed by atoms with E-state index in [1.54, 1.807) is 10.8 Å². The number of fused-ring (bicyclic) bond motifs is 1. The molecule has 0 amide bonds. The van der Waals surface area contributed by atoms with Gasteiger partial charge in [-0.25, -0.2) is 4.98 Å². The fraction of sp³-hybridized carbons (Fsp3) is 0.300. The second-order valence-corrected chi connectivity index (χ2v) is 3.99. The number of hydrogen-bond donors (Lipinski definition) is 2. The fourth-order valence-corrected chi connectivity index (χ4v) is 1.75. The normalized spacial score (nSPS) is 21.3. The van der Waals surface area contributed by atoms with Gasteiger partial charge in [0.1, 0.15) is 6.33 Å². The first-order chi connectivity index (χ1) is 8.19. The molecule has 1 saturated carbocycles. The van der Waals surface area contributed by atoms with Crippen LogP contribution in [-0.2, 0) is 0 Å². The summed E-state index contributed by atoms with van der Waals surface area (Å²) in [4.78, 5) is 11.1. The number of aliphatic hydroxyl groups is 1. The highest BCUT2D eigenvalue weighted by atomic mass is 19.1. The molecule has 88 valence electrons. The Morgan fingerprint density at radius 3 is 3.12 bits per heavy atom. The van der Waals surface area contributed by atoms with Crippen LogP contribution < -0.4 is 5.73 Å². The minimum absolute atomic E-state index is 0.0270. The Morgan fingerprint density at radius 2 is 2.41 bits per heavy atom. The average molecular weight is 235 g/mol. The molecule has 1 aliphatic rings. The molecule has 0 aromatic carbocycles. The predicted molar refractivity (Wildman–Crippen MR) is 59.2 cm³/mol. The lowest BCUT2D eigenvalue weighted by Crippen LogP contribution is -1.99. The molecule has 2 aromatic heterocycles. The van der Waals surface area contributed by atoms with Crippen molar-refractivity contribution in [2.24, 2.45) is 5.92 Å². The lowest BCUT2D eigenvalue weighted by Gasteiger charge is -1.96. The van der Waals surface area contributed by atoms with Gasteiger partial charge in [-0.2, -0.15) is 14.4 Å². The summed E-state index contributed by atoms with van der Waals surface area (Å²) < 4.78 is 14.6. The van der Waals surface area contributed by atoms with E-state index in [0.29, 0.717) is 11.2 Å². The molecule has 0 spiro atoms. The summed E-state index contributed by atoms with van der Waals surface area (Å²) in [5, 5.41) is 8.94. The summed E-state index contributed by atoms with van der Waals surface area (Å²) in [6.07, 6.45) is 3.28. The van der Waals surface area contributed by atoms with E-state index in [1.807, 2.05) is 0 Å². The van der Waals surface area contributed by atoms with Crippen molar-refractivity contribution in [3.63, 3.8) is 0 Å². The molecule has 3 N–H and O–H groups in total. The Kier molecular flexibility index (Phi) is 2.08. The van der Waals surface area contributed by atoms with E-state index < -0.39 is 6.08 Å². The van der Waals surface area contributed by atoms with Crippen LogP contribution in [0.4, 0.5) is 10.2 Å². The van der Waals surface area contributed by atoms with E-state index >= 15 is 0 Å². The highest BCUT2D eigenvalue weighted by Crippen LogP contribution is 2.37. The van der Waals surface area contributed by atoms with Gasteiger partial charge in [0.05, 0.1) is 0 Å². The van der Waals surface area contributed by atoms with E-state index in [4.69, 9.17) is 10.8 Å². The van der Waals surface area contributed by atoms with Crippen molar-refractivity contribution in [2.45, 2.75) is 6.42 Å². The molecule has 0 saturated heterocycles. The van der Waals surface area contributed by atoms with Crippen molar-refractivity contribution in [3.8, 4) is 0 Å². The number of rotatable bonds is 2. The molecule has 0 bridgehead atoms. The maximum absolute atomic E-state index is 13.0. The third kappa shape index (κ3) is 1.64. The van der Waals surface area contributed by atoms with Gasteiger partial charge in [0, 0.05) is 18.7 Å². The number of anilines is 1. The van der Waals surface area contributed by atoms with Gasteiger partial charge in [0.25, 0.3) is 0 Å². The van der Waals surface area contributed by atoms with Crippen LogP contribution in [0.2, 0.25) is 0 Å². The van der Waals surface area contributed by atoms with Gasteiger partial charge in [-0.1, -0.05) is 0 Å². The average Bonchev–Trinajstić information content (AvgIpc) is 2.92. The molecule has 6 nitrogen and oxygen atoms in total. The number of nitrogen functional groups attached to an aromatic ring is 1. The first kappa shape index (κ1) is 10.2. The van der Waals surface area contributed by atoms with Crippen LogP contribution in [0.3, 0.4) is 0 Å². The number of imidazole rings is 1. The lowest BCUT2D eigenvalue weighted by atomic mass is 10.4. The first-order valence-electron chi connectivity index (χ1n) is 5.16. The zero-order chi connectivity index (χ0) is 12.0. The van der Waals surface area contributed by atoms with Crippen LogP contribution in [0, 0.1) is 12.0 Å². The summed E-state index contributed by atoms with van der Waals surface area (Å²) in [6.45, 7) is 0.129. The summed E-state index contributed by atoms with van der Waals surface area (Å²) in [5.74, 6) is 0.232. The van der Waals surface area contributed by atoms with Crippen molar-refractivity contribution in [3.05, 3.63) is 18.0 Å². The maximum Gasteiger partial charge on any atom is 0.312 e. The number of nitrogens with two attached hydrogens (primary N) is 1. The smallest absolute Gasteiger partial charge is 0.312 e. The van der Waals surface area contributed by atoms with Crippen LogP contribution in [0.5, 0.6) is 0 Å². The third-order valence-corrected chi connectivity index (χ3v) is 2.79. The van der Waals surface area contributed by atoms with Gasteiger partial charge < -0.3 is 10.8 Å². The van der Waals surface area contributed by atoms with Gasteiger partial charge in [-0.15, -0.1) is 0 Å².